The third-order valence-corrected chi connectivity index (χ3v) is 13.2. The molecule has 4 N–H and O–H groups in total. The van der Waals surface area contributed by atoms with Gasteiger partial charge >= 0.3 is 30.1 Å². The first-order chi connectivity index (χ1) is 29.0. The monoisotopic (exact) mass is 866 g/mol. The quantitative estimate of drug-likeness (QED) is 0.122. The fourth-order valence-electron chi connectivity index (χ4n) is 9.76. The second-order valence-electron chi connectivity index (χ2n) is 18.5. The maximum atomic E-state index is 15.6. The fourth-order valence-corrected chi connectivity index (χ4v) is 9.76. The summed E-state index contributed by atoms with van der Waals surface area (Å²) in [7, 11) is 0. The number of ketones is 1. The van der Waals surface area contributed by atoms with Gasteiger partial charge in [0.25, 0.3) is 0 Å². The van der Waals surface area contributed by atoms with Gasteiger partial charge in [-0.3, -0.25) is 9.59 Å². The highest BCUT2D eigenvalue weighted by molar-refractivity contribution is 5.95. The molecule has 18 heteroatoms. The number of furan rings is 1. The average Bonchev–Trinajstić information content (AvgIpc) is 3.91. The number of esters is 3. The van der Waals surface area contributed by atoms with Gasteiger partial charge in [0, 0.05) is 38.3 Å². The molecule has 62 heavy (non-hydrogen) atoms. The molecule has 0 spiro atoms. The number of rotatable bonds is 9. The summed E-state index contributed by atoms with van der Waals surface area (Å²) in [6, 6.07) is 9.16. The van der Waals surface area contributed by atoms with E-state index in [-0.39, 0.29) is 35.5 Å². The number of nitrogens with zero attached hydrogens (tertiary/aromatic N) is 1. The van der Waals surface area contributed by atoms with Crippen molar-refractivity contribution < 1.29 is 76.9 Å². The van der Waals surface area contributed by atoms with Crippen molar-refractivity contribution in [3.63, 3.8) is 0 Å². The highest BCUT2D eigenvalue weighted by atomic mass is 16.6. The number of hydrogen-bond acceptors (Lipinski definition) is 16. The Hall–Kier alpha value is -5.30. The van der Waals surface area contributed by atoms with E-state index in [9.17, 15) is 39.3 Å². The number of nitrogens with one attached hydrogen (secondary N) is 1. The van der Waals surface area contributed by atoms with E-state index in [1.807, 2.05) is 0 Å². The third-order valence-electron chi connectivity index (χ3n) is 13.2. The van der Waals surface area contributed by atoms with Gasteiger partial charge < -0.3 is 58.4 Å². The summed E-state index contributed by atoms with van der Waals surface area (Å²) in [5.74, 6) is -5.64. The summed E-state index contributed by atoms with van der Waals surface area (Å²) in [5.41, 5.74) is -8.75. The molecule has 5 aliphatic rings. The van der Waals surface area contributed by atoms with Crippen molar-refractivity contribution in [1.29, 1.82) is 0 Å². The van der Waals surface area contributed by atoms with Gasteiger partial charge in [-0.2, -0.15) is 0 Å². The van der Waals surface area contributed by atoms with Crippen LogP contribution in [0.1, 0.15) is 90.4 Å². The van der Waals surface area contributed by atoms with Crippen molar-refractivity contribution in [3.05, 3.63) is 71.2 Å². The number of ether oxygens (including phenoxy) is 6. The number of alkyl carbamates (subject to hydrolysis) is 1. The Morgan fingerprint density at radius 1 is 0.984 bits per heavy atom. The molecule has 2 amide bonds. The van der Waals surface area contributed by atoms with Gasteiger partial charge in [-0.1, -0.05) is 32.0 Å². The Labute approximate surface area is 357 Å². The van der Waals surface area contributed by atoms with Crippen LogP contribution in [0.25, 0.3) is 0 Å². The number of carbonyl (C=O) groups excluding carboxylic acids is 6. The molecule has 1 unspecified atom stereocenters. The number of amides is 2. The summed E-state index contributed by atoms with van der Waals surface area (Å²) in [5, 5.41) is 39.9. The van der Waals surface area contributed by atoms with Crippen LogP contribution in [0.15, 0.2) is 64.3 Å². The Kier molecular flexibility index (Phi) is 11.4. The summed E-state index contributed by atoms with van der Waals surface area (Å²) < 4.78 is 41.3. The number of aliphatic hydroxyl groups excluding tert-OH is 2. The molecule has 2 aliphatic heterocycles. The Morgan fingerprint density at radius 3 is 2.23 bits per heavy atom. The van der Waals surface area contributed by atoms with Crippen LogP contribution in [0.5, 0.6) is 0 Å². The highest BCUT2D eigenvalue weighted by Crippen LogP contribution is 2.64. The number of carbonyl (C=O) groups is 6. The Morgan fingerprint density at radius 2 is 1.66 bits per heavy atom. The second-order valence-corrected chi connectivity index (χ2v) is 18.5. The van der Waals surface area contributed by atoms with E-state index in [2.05, 4.69) is 5.32 Å². The molecule has 336 valence electrons. The molecule has 3 heterocycles. The molecule has 2 aromatic rings. The minimum Gasteiger partial charge on any atom is -0.467 e. The molecule has 18 nitrogen and oxygen atoms in total. The lowest BCUT2D eigenvalue weighted by Crippen LogP contribution is -2.82. The number of benzene rings is 1. The van der Waals surface area contributed by atoms with Crippen LogP contribution in [-0.2, 0) is 42.8 Å². The smallest absolute Gasteiger partial charge is 0.410 e. The number of hydrogen-bond donors (Lipinski definition) is 4. The van der Waals surface area contributed by atoms with Crippen molar-refractivity contribution in [1.82, 2.24) is 10.2 Å². The zero-order valence-corrected chi connectivity index (χ0v) is 35.9. The second kappa shape index (κ2) is 15.8. The van der Waals surface area contributed by atoms with Crippen LogP contribution in [0.2, 0.25) is 0 Å². The highest BCUT2D eigenvalue weighted by Gasteiger charge is 2.78. The van der Waals surface area contributed by atoms with E-state index in [0.717, 1.165) is 6.92 Å². The normalized spacial score (nSPS) is 33.1. The van der Waals surface area contributed by atoms with Crippen LogP contribution in [0.3, 0.4) is 0 Å². The molecule has 0 radical (unpaired) electrons. The first-order valence-electron chi connectivity index (χ1n) is 20.6. The average molecular weight is 867 g/mol. The minimum absolute atomic E-state index is 0.0250. The molecule has 1 aromatic heterocycles. The third kappa shape index (κ3) is 7.53. The first-order valence-corrected chi connectivity index (χ1v) is 20.6. The predicted molar refractivity (Wildman–Crippen MR) is 212 cm³/mol. The molecule has 2 saturated heterocycles. The van der Waals surface area contributed by atoms with Crippen LogP contribution >= 0.6 is 0 Å². The summed E-state index contributed by atoms with van der Waals surface area (Å²) in [6.45, 7) is 12.4. The predicted octanol–water partition coefficient (Wildman–Crippen LogP) is 3.31. The first kappa shape index (κ1) is 44.7. The summed E-state index contributed by atoms with van der Waals surface area (Å²) >= 11 is 0. The van der Waals surface area contributed by atoms with E-state index in [4.69, 9.17) is 32.8 Å². The van der Waals surface area contributed by atoms with Crippen molar-refractivity contribution in [2.24, 2.45) is 16.7 Å². The summed E-state index contributed by atoms with van der Waals surface area (Å²) in [6.07, 6.45) is -11.3. The number of Topliss-reactive ketones (excluding diaryl/α,β-unsaturated/α-hetero) is 1. The fraction of sp³-hybridized carbons (Fsp3) is 0.591. The maximum absolute atomic E-state index is 15.6. The minimum atomic E-state index is -2.42. The lowest BCUT2D eigenvalue weighted by molar-refractivity contribution is -0.342. The van der Waals surface area contributed by atoms with Gasteiger partial charge in [-0.05, 0) is 70.0 Å². The van der Waals surface area contributed by atoms with E-state index >= 15 is 4.79 Å². The van der Waals surface area contributed by atoms with Crippen LogP contribution in [0.4, 0.5) is 9.59 Å². The van der Waals surface area contributed by atoms with E-state index in [1.165, 1.54) is 49.3 Å². The Bertz CT molecular complexity index is 2140. The van der Waals surface area contributed by atoms with Gasteiger partial charge in [0.05, 0.1) is 35.9 Å². The molecular formula is C44H54N2O16. The van der Waals surface area contributed by atoms with Crippen LogP contribution in [0, 0.1) is 16.7 Å². The zero-order chi connectivity index (χ0) is 45.3. The molecule has 3 aliphatic carbocycles. The molecule has 11 atom stereocenters. The summed E-state index contributed by atoms with van der Waals surface area (Å²) in [4.78, 5) is 85.0. The van der Waals surface area contributed by atoms with Crippen molar-refractivity contribution >= 4 is 35.9 Å². The van der Waals surface area contributed by atoms with Gasteiger partial charge in [-0.15, -0.1) is 0 Å². The van der Waals surface area contributed by atoms with Gasteiger partial charge in [0.1, 0.15) is 41.3 Å². The lowest BCUT2D eigenvalue weighted by atomic mass is 9.44. The zero-order valence-electron chi connectivity index (χ0n) is 35.9. The van der Waals surface area contributed by atoms with Gasteiger partial charge in [0.15, 0.2) is 23.6 Å². The molecular weight excluding hydrogens is 812 g/mol. The van der Waals surface area contributed by atoms with Crippen molar-refractivity contribution in [3.8, 4) is 0 Å². The lowest BCUT2D eigenvalue weighted by Gasteiger charge is -2.67. The van der Waals surface area contributed by atoms with Gasteiger partial charge in [-0.25, -0.2) is 19.2 Å². The van der Waals surface area contributed by atoms with Crippen molar-refractivity contribution in [2.75, 3.05) is 19.7 Å². The van der Waals surface area contributed by atoms with Crippen molar-refractivity contribution in [2.45, 2.75) is 128 Å². The molecule has 1 aromatic carbocycles. The SMILES string of the molecule is CC(=O)O[C@H]1C(=O)[C@]2(C)[C@@H](O)CC3OC[C@@]3(OC(=O)N3CC3)[C@H]2[C@H](OC(=O)c2ccccc2)[C@]2(O)C[C@H](OC(=O)[C@H](O)[C@@H](NC(=O)OC(C)(C)C)c3ccco3)C(C)=C1C2(C)C. The van der Waals surface area contributed by atoms with E-state index in [0.29, 0.717) is 13.1 Å². The van der Waals surface area contributed by atoms with Gasteiger partial charge in [0.2, 0.25) is 0 Å². The van der Waals surface area contributed by atoms with E-state index in [1.54, 1.807) is 52.8 Å². The van der Waals surface area contributed by atoms with Crippen LogP contribution < -0.4 is 5.32 Å². The standard InChI is InChI=1S/C44H54N2O16/c1-22-26(59-37(52)31(49)30(25-15-12-18-56-25)45-38(53)61-40(3,4)5)20-44(55)35(60-36(51)24-13-10-9-11-14-24)33-42(8,34(50)32(58-23(2)47)29(22)41(44,6)7)27(48)19-28-43(33,21-57-28)62-39(54)46-16-17-46/h9-15,18,26-28,30-33,35,48-49,55H,16-17,19-21H2,1-8H3,(H,45,53)/t26-,27-,28?,30-,31+,32+,33-,35-,42+,43-,44+/m0/s1. The largest absolute Gasteiger partial charge is 0.467 e. The van der Waals surface area contributed by atoms with Crippen LogP contribution in [-0.4, -0.2) is 129 Å². The van der Waals surface area contributed by atoms with E-state index < -0.39 is 119 Å². The molecule has 7 rings (SSSR count). The number of fused-ring (bicyclic) bond motifs is 5. The molecule has 2 saturated carbocycles. The molecule has 2 bridgehead atoms. The maximum Gasteiger partial charge on any atom is 0.410 e. The topological polar surface area (TPSA) is 247 Å². The Balaban J connectivity index is 1.39. The molecule has 4 fully saturated rings. The number of aliphatic hydroxyl groups is 3.